The van der Waals surface area contributed by atoms with E-state index in [4.69, 9.17) is 10.5 Å². The standard InChI is InChI=1S/C14H20N2O2/c1-18-13(9-15)8-14(17)16-7-6-11-4-2-3-5-12(11)10-16/h2-5,13H,6-10,15H2,1H3. The van der Waals surface area contributed by atoms with E-state index in [1.165, 1.54) is 11.1 Å². The maximum Gasteiger partial charge on any atom is 0.225 e. The van der Waals surface area contributed by atoms with Crippen LogP contribution in [0.3, 0.4) is 0 Å². The van der Waals surface area contributed by atoms with Gasteiger partial charge < -0.3 is 15.4 Å². The minimum absolute atomic E-state index is 0.127. The highest BCUT2D eigenvalue weighted by atomic mass is 16.5. The summed E-state index contributed by atoms with van der Waals surface area (Å²) in [7, 11) is 1.59. The molecule has 2 N–H and O–H groups in total. The minimum atomic E-state index is -0.172. The van der Waals surface area contributed by atoms with Crippen LogP contribution in [0.1, 0.15) is 17.5 Å². The summed E-state index contributed by atoms with van der Waals surface area (Å²) in [6.07, 6.45) is 1.13. The second-order valence-corrected chi connectivity index (χ2v) is 4.63. The van der Waals surface area contributed by atoms with Crippen LogP contribution >= 0.6 is 0 Å². The summed E-state index contributed by atoms with van der Waals surface area (Å²) in [4.78, 5) is 14.0. The van der Waals surface area contributed by atoms with Gasteiger partial charge >= 0.3 is 0 Å². The first-order valence-corrected chi connectivity index (χ1v) is 6.32. The lowest BCUT2D eigenvalue weighted by Crippen LogP contribution is -2.39. The summed E-state index contributed by atoms with van der Waals surface area (Å²) in [6.45, 7) is 1.87. The zero-order valence-corrected chi connectivity index (χ0v) is 10.8. The first-order chi connectivity index (χ1) is 8.74. The second-order valence-electron chi connectivity index (χ2n) is 4.63. The third-order valence-corrected chi connectivity index (χ3v) is 3.48. The average molecular weight is 248 g/mol. The van der Waals surface area contributed by atoms with Crippen molar-refractivity contribution in [1.82, 2.24) is 4.90 Å². The Bertz CT molecular complexity index is 416. The maximum absolute atomic E-state index is 12.1. The molecule has 4 nitrogen and oxygen atoms in total. The van der Waals surface area contributed by atoms with E-state index in [0.29, 0.717) is 19.5 Å². The van der Waals surface area contributed by atoms with E-state index in [2.05, 4.69) is 12.1 Å². The first kappa shape index (κ1) is 13.1. The van der Waals surface area contributed by atoms with Crippen LogP contribution in [-0.2, 0) is 22.5 Å². The van der Waals surface area contributed by atoms with Gasteiger partial charge in [-0.3, -0.25) is 4.79 Å². The monoisotopic (exact) mass is 248 g/mol. The van der Waals surface area contributed by atoms with Gasteiger partial charge in [0, 0.05) is 26.7 Å². The number of ether oxygens (including phenoxy) is 1. The molecule has 1 aromatic rings. The Balaban J connectivity index is 1.98. The molecule has 98 valence electrons. The first-order valence-electron chi connectivity index (χ1n) is 6.32. The number of methoxy groups -OCH3 is 1. The number of rotatable bonds is 4. The summed E-state index contributed by atoms with van der Waals surface area (Å²) in [6, 6.07) is 8.29. The third-order valence-electron chi connectivity index (χ3n) is 3.48. The molecule has 0 bridgehead atoms. The number of hydrogen-bond acceptors (Lipinski definition) is 3. The quantitative estimate of drug-likeness (QED) is 0.862. The zero-order chi connectivity index (χ0) is 13.0. The topological polar surface area (TPSA) is 55.6 Å². The van der Waals surface area contributed by atoms with Crippen molar-refractivity contribution >= 4 is 5.91 Å². The Hall–Kier alpha value is -1.39. The molecule has 2 rings (SSSR count). The number of nitrogens with zero attached hydrogens (tertiary/aromatic N) is 1. The second kappa shape index (κ2) is 5.98. The minimum Gasteiger partial charge on any atom is -0.380 e. The Kier molecular flexibility index (Phi) is 4.33. The highest BCUT2D eigenvalue weighted by Crippen LogP contribution is 2.19. The molecule has 1 heterocycles. The van der Waals surface area contributed by atoms with E-state index in [1.807, 2.05) is 17.0 Å². The summed E-state index contributed by atoms with van der Waals surface area (Å²) in [5.74, 6) is 0.127. The number of carbonyl (C=O) groups excluding carboxylic acids is 1. The molecule has 1 aromatic carbocycles. The number of hydrogen-bond donors (Lipinski definition) is 1. The molecule has 0 aliphatic carbocycles. The number of amides is 1. The molecule has 1 unspecified atom stereocenters. The van der Waals surface area contributed by atoms with Crippen LogP contribution < -0.4 is 5.73 Å². The summed E-state index contributed by atoms with van der Waals surface area (Å²) < 4.78 is 5.16. The molecule has 4 heteroatoms. The van der Waals surface area contributed by atoms with Gasteiger partial charge in [0.15, 0.2) is 0 Å². The van der Waals surface area contributed by atoms with Gasteiger partial charge in [0.25, 0.3) is 0 Å². The van der Waals surface area contributed by atoms with Gasteiger partial charge in [0.05, 0.1) is 12.5 Å². The van der Waals surface area contributed by atoms with Crippen LogP contribution in [0.2, 0.25) is 0 Å². The molecule has 1 amide bonds. The van der Waals surface area contributed by atoms with Gasteiger partial charge in [-0.1, -0.05) is 24.3 Å². The van der Waals surface area contributed by atoms with Gasteiger partial charge in [0.2, 0.25) is 5.91 Å². The number of nitrogens with two attached hydrogens (primary N) is 1. The van der Waals surface area contributed by atoms with Crippen molar-refractivity contribution < 1.29 is 9.53 Å². The highest BCUT2D eigenvalue weighted by molar-refractivity contribution is 5.77. The smallest absolute Gasteiger partial charge is 0.225 e. The van der Waals surface area contributed by atoms with Crippen LogP contribution in [0.15, 0.2) is 24.3 Å². The lowest BCUT2D eigenvalue weighted by atomic mass is 9.99. The van der Waals surface area contributed by atoms with Crippen molar-refractivity contribution in [3.63, 3.8) is 0 Å². The molecule has 1 atom stereocenters. The van der Waals surface area contributed by atoms with Crippen molar-refractivity contribution in [2.24, 2.45) is 5.73 Å². The molecule has 0 fully saturated rings. The maximum atomic E-state index is 12.1. The SMILES string of the molecule is COC(CN)CC(=O)N1CCc2ccccc2C1. The van der Waals surface area contributed by atoms with Crippen LogP contribution in [0.4, 0.5) is 0 Å². The van der Waals surface area contributed by atoms with Crippen molar-refractivity contribution in [2.75, 3.05) is 20.2 Å². The van der Waals surface area contributed by atoms with Gasteiger partial charge in [0.1, 0.15) is 0 Å². The molecule has 1 aliphatic heterocycles. The van der Waals surface area contributed by atoms with E-state index in [1.54, 1.807) is 7.11 Å². The van der Waals surface area contributed by atoms with Crippen molar-refractivity contribution in [2.45, 2.75) is 25.5 Å². The molecule has 18 heavy (non-hydrogen) atoms. The average Bonchev–Trinajstić information content (AvgIpc) is 2.44. The fourth-order valence-electron chi connectivity index (χ4n) is 2.30. The van der Waals surface area contributed by atoms with Crippen LogP contribution in [-0.4, -0.2) is 37.1 Å². The van der Waals surface area contributed by atoms with Crippen LogP contribution in [0.25, 0.3) is 0 Å². The Morgan fingerprint density at radius 1 is 1.44 bits per heavy atom. The largest absolute Gasteiger partial charge is 0.380 e. The van der Waals surface area contributed by atoms with Gasteiger partial charge in [-0.2, -0.15) is 0 Å². The molecule has 0 saturated heterocycles. The third kappa shape index (κ3) is 2.89. The normalized spacial score (nSPS) is 16.2. The lowest BCUT2D eigenvalue weighted by molar-refractivity contribution is -0.134. The molecule has 0 aromatic heterocycles. The van der Waals surface area contributed by atoms with E-state index < -0.39 is 0 Å². The fraction of sp³-hybridized carbons (Fsp3) is 0.500. The van der Waals surface area contributed by atoms with Gasteiger partial charge in [-0.25, -0.2) is 0 Å². The van der Waals surface area contributed by atoms with Crippen LogP contribution in [0, 0.1) is 0 Å². The molecule has 0 radical (unpaired) electrons. The lowest BCUT2D eigenvalue weighted by Gasteiger charge is -2.29. The van der Waals surface area contributed by atoms with E-state index >= 15 is 0 Å². The Morgan fingerprint density at radius 2 is 2.17 bits per heavy atom. The van der Waals surface area contributed by atoms with E-state index in [9.17, 15) is 4.79 Å². The van der Waals surface area contributed by atoms with Crippen LogP contribution in [0.5, 0.6) is 0 Å². The fourth-order valence-corrected chi connectivity index (χ4v) is 2.30. The molecule has 0 spiro atoms. The highest BCUT2D eigenvalue weighted by Gasteiger charge is 2.22. The number of benzene rings is 1. The van der Waals surface area contributed by atoms with Crippen molar-refractivity contribution in [3.8, 4) is 0 Å². The van der Waals surface area contributed by atoms with Crippen molar-refractivity contribution in [1.29, 1.82) is 0 Å². The number of carbonyl (C=O) groups is 1. The Morgan fingerprint density at radius 3 is 2.83 bits per heavy atom. The summed E-state index contributed by atoms with van der Waals surface area (Å²) >= 11 is 0. The molecular formula is C14H20N2O2. The Labute approximate surface area is 108 Å². The van der Waals surface area contributed by atoms with Gasteiger partial charge in [-0.05, 0) is 17.5 Å². The predicted molar refractivity (Wildman–Crippen MR) is 70.0 cm³/mol. The molecule has 0 saturated carbocycles. The zero-order valence-electron chi connectivity index (χ0n) is 10.8. The molecule has 1 aliphatic rings. The number of fused-ring (bicyclic) bond motifs is 1. The summed E-state index contributed by atoms with van der Waals surface area (Å²) in [5.41, 5.74) is 8.14. The summed E-state index contributed by atoms with van der Waals surface area (Å²) in [5, 5.41) is 0. The predicted octanol–water partition coefficient (Wildman–Crippen LogP) is 0.935. The van der Waals surface area contributed by atoms with E-state index in [-0.39, 0.29) is 12.0 Å². The van der Waals surface area contributed by atoms with E-state index in [0.717, 1.165) is 13.0 Å². The molecular weight excluding hydrogens is 228 g/mol. The van der Waals surface area contributed by atoms with Crippen molar-refractivity contribution in [3.05, 3.63) is 35.4 Å². The van der Waals surface area contributed by atoms with Gasteiger partial charge in [-0.15, -0.1) is 0 Å².